The Labute approximate surface area is 230 Å². The van der Waals surface area contributed by atoms with Crippen molar-refractivity contribution < 1.29 is 33.0 Å². The number of nitrogens with zero attached hydrogens (tertiary/aromatic N) is 5. The third kappa shape index (κ3) is 4.88. The summed E-state index contributed by atoms with van der Waals surface area (Å²) >= 11 is 0. The van der Waals surface area contributed by atoms with E-state index in [1.807, 2.05) is 0 Å². The molecule has 0 radical (unpaired) electrons. The molecule has 0 spiro atoms. The number of fused-ring (bicyclic) bond motifs is 1. The van der Waals surface area contributed by atoms with Gasteiger partial charge in [0.2, 0.25) is 0 Å². The van der Waals surface area contributed by atoms with Crippen LogP contribution in [0.3, 0.4) is 0 Å². The molecule has 0 bridgehead atoms. The summed E-state index contributed by atoms with van der Waals surface area (Å²) in [5.41, 5.74) is -1.78. The molecule has 0 aliphatic heterocycles. The summed E-state index contributed by atoms with van der Waals surface area (Å²) < 4.78 is 44.5. The van der Waals surface area contributed by atoms with Crippen LogP contribution in [0.1, 0.15) is 98.9 Å². The second-order valence-corrected chi connectivity index (χ2v) is 12.6. The van der Waals surface area contributed by atoms with Gasteiger partial charge in [-0.05, 0) is 69.6 Å². The van der Waals surface area contributed by atoms with Gasteiger partial charge in [-0.3, -0.25) is 24.2 Å². The molecule has 0 saturated heterocycles. The second-order valence-electron chi connectivity index (χ2n) is 12.6. The van der Waals surface area contributed by atoms with Crippen molar-refractivity contribution >= 4 is 11.9 Å². The SMILES string of the molecule is Cc1nccnc1C(O)CN(C(=O)c1cnn([C@H]2CC[C@](C)(C(=O)O)CC2)c1C(F)(F)F)[C@H]1C[C@@H]2[C@H](C1)C2(C)C. The molecule has 3 aliphatic carbocycles. The number of carboxylic acid groups (broad SMARTS) is 1. The minimum Gasteiger partial charge on any atom is -0.481 e. The number of hydrogen-bond acceptors (Lipinski definition) is 6. The maximum atomic E-state index is 14.5. The first-order valence-electron chi connectivity index (χ1n) is 13.8. The summed E-state index contributed by atoms with van der Waals surface area (Å²) in [6.45, 7) is 7.38. The largest absolute Gasteiger partial charge is 0.481 e. The first-order valence-corrected chi connectivity index (χ1v) is 13.8. The van der Waals surface area contributed by atoms with Crippen molar-refractivity contribution in [2.45, 2.75) is 90.6 Å². The van der Waals surface area contributed by atoms with Crippen LogP contribution in [-0.2, 0) is 11.0 Å². The lowest BCUT2D eigenvalue weighted by Crippen LogP contribution is -2.43. The number of hydrogen-bond donors (Lipinski definition) is 2. The molecule has 3 aliphatic rings. The van der Waals surface area contributed by atoms with Crippen molar-refractivity contribution in [1.82, 2.24) is 24.6 Å². The van der Waals surface area contributed by atoms with Gasteiger partial charge in [-0.1, -0.05) is 13.8 Å². The highest BCUT2D eigenvalue weighted by Gasteiger charge is 2.63. The van der Waals surface area contributed by atoms with Crippen molar-refractivity contribution in [2.75, 3.05) is 6.54 Å². The van der Waals surface area contributed by atoms with Crippen LogP contribution in [-0.4, -0.2) is 59.3 Å². The van der Waals surface area contributed by atoms with Gasteiger partial charge in [-0.2, -0.15) is 18.3 Å². The third-order valence-electron chi connectivity index (χ3n) is 9.86. The maximum Gasteiger partial charge on any atom is 0.433 e. The van der Waals surface area contributed by atoms with Crippen LogP contribution >= 0.6 is 0 Å². The molecule has 2 heterocycles. The lowest BCUT2D eigenvalue weighted by Gasteiger charge is -2.35. The molecule has 3 fully saturated rings. The number of rotatable bonds is 7. The van der Waals surface area contributed by atoms with E-state index in [-0.39, 0.29) is 49.4 Å². The molecule has 3 saturated carbocycles. The van der Waals surface area contributed by atoms with Gasteiger partial charge in [0.1, 0.15) is 6.10 Å². The van der Waals surface area contributed by atoms with Crippen LogP contribution in [0.25, 0.3) is 0 Å². The first kappa shape index (κ1) is 28.5. The zero-order chi connectivity index (χ0) is 29.2. The van der Waals surface area contributed by atoms with Crippen LogP contribution in [0.2, 0.25) is 0 Å². The molecule has 40 heavy (non-hydrogen) atoms. The highest BCUT2D eigenvalue weighted by molar-refractivity contribution is 5.95. The van der Waals surface area contributed by atoms with Gasteiger partial charge in [-0.15, -0.1) is 0 Å². The number of carboxylic acids is 1. The molecule has 0 aromatic carbocycles. The van der Waals surface area contributed by atoms with E-state index in [1.54, 1.807) is 13.8 Å². The summed E-state index contributed by atoms with van der Waals surface area (Å²) in [7, 11) is 0. The van der Waals surface area contributed by atoms with Crippen LogP contribution < -0.4 is 0 Å². The number of aliphatic carboxylic acids is 1. The smallest absolute Gasteiger partial charge is 0.433 e. The number of amides is 1. The van der Waals surface area contributed by atoms with E-state index in [1.165, 1.54) is 17.3 Å². The fraction of sp³-hybridized carbons (Fsp3) is 0.679. The lowest BCUT2D eigenvalue weighted by molar-refractivity contribution is -0.152. The Morgan fingerprint density at radius 1 is 1.12 bits per heavy atom. The predicted molar refractivity (Wildman–Crippen MR) is 137 cm³/mol. The number of alkyl halides is 3. The molecule has 1 unspecified atom stereocenters. The minimum absolute atomic E-state index is 0.138. The molecule has 9 nitrogen and oxygen atoms in total. The minimum atomic E-state index is -4.86. The number of carbonyl (C=O) groups is 2. The molecule has 4 atom stereocenters. The fourth-order valence-corrected chi connectivity index (χ4v) is 7.08. The van der Waals surface area contributed by atoms with Gasteiger partial charge in [0.05, 0.1) is 41.1 Å². The molecule has 5 rings (SSSR count). The standard InChI is InChI=1S/C28H36F3N5O4/c1-15-22(33-10-9-32-15)21(37)14-35(17-11-19-20(12-17)26(19,2)3)24(38)18-13-34-36(23(18)28(29,30)31)16-5-7-27(4,8-6-16)25(39)40/h9-10,13,16-17,19-21,37H,5-8,11-12,14H2,1-4H3,(H,39,40)/t16-,17-,19+,20-,21?,27-. The normalized spacial score (nSPS) is 30.0. The van der Waals surface area contributed by atoms with Crippen molar-refractivity contribution in [3.8, 4) is 0 Å². The quantitative estimate of drug-likeness (QED) is 0.496. The van der Waals surface area contributed by atoms with Gasteiger partial charge >= 0.3 is 12.1 Å². The molecule has 2 aromatic rings. The Balaban J connectivity index is 1.46. The number of aromatic nitrogens is 4. The topological polar surface area (TPSA) is 121 Å². The number of aliphatic hydroxyl groups excluding tert-OH is 1. The molecular weight excluding hydrogens is 527 g/mol. The van der Waals surface area contributed by atoms with Crippen molar-refractivity contribution in [1.29, 1.82) is 0 Å². The Morgan fingerprint density at radius 2 is 1.73 bits per heavy atom. The van der Waals surface area contributed by atoms with E-state index in [0.29, 0.717) is 30.4 Å². The molecule has 12 heteroatoms. The van der Waals surface area contributed by atoms with Gasteiger partial charge in [0, 0.05) is 18.4 Å². The van der Waals surface area contributed by atoms with Crippen molar-refractivity contribution in [2.24, 2.45) is 22.7 Å². The van der Waals surface area contributed by atoms with Crippen LogP contribution in [0.5, 0.6) is 0 Å². The number of aryl methyl sites for hydroxylation is 1. The Morgan fingerprint density at radius 3 is 2.27 bits per heavy atom. The summed E-state index contributed by atoms with van der Waals surface area (Å²) in [6.07, 6.45) is -0.0575. The highest BCUT2D eigenvalue weighted by atomic mass is 19.4. The maximum absolute atomic E-state index is 14.5. The zero-order valence-electron chi connectivity index (χ0n) is 23.1. The molecular formula is C28H36F3N5O4. The molecule has 218 valence electrons. The third-order valence-corrected chi connectivity index (χ3v) is 9.86. The van der Waals surface area contributed by atoms with E-state index in [4.69, 9.17) is 0 Å². The van der Waals surface area contributed by atoms with Crippen LogP contribution in [0.4, 0.5) is 13.2 Å². The summed E-state index contributed by atoms with van der Waals surface area (Å²) in [5, 5.41) is 24.6. The Hall–Kier alpha value is -3.02. The van der Waals surface area contributed by atoms with Crippen molar-refractivity contribution in [3.63, 3.8) is 0 Å². The number of carbonyl (C=O) groups excluding carboxylic acids is 1. The monoisotopic (exact) mass is 563 g/mol. The predicted octanol–water partition coefficient (Wildman–Crippen LogP) is 4.82. The molecule has 2 aromatic heterocycles. The Bertz CT molecular complexity index is 1290. The average Bonchev–Trinajstić information content (AvgIpc) is 3.31. The average molecular weight is 564 g/mol. The number of halogens is 3. The van der Waals surface area contributed by atoms with Crippen LogP contribution in [0, 0.1) is 29.6 Å². The fourth-order valence-electron chi connectivity index (χ4n) is 7.08. The Kier molecular flexibility index (Phi) is 6.99. The van der Waals surface area contributed by atoms with Gasteiger partial charge in [0.25, 0.3) is 5.91 Å². The van der Waals surface area contributed by atoms with E-state index < -0.39 is 46.9 Å². The summed E-state index contributed by atoms with van der Waals surface area (Å²) in [6, 6.07) is -0.996. The molecule has 1 amide bonds. The van der Waals surface area contributed by atoms with E-state index in [9.17, 15) is 33.0 Å². The van der Waals surface area contributed by atoms with E-state index in [0.717, 1.165) is 10.9 Å². The van der Waals surface area contributed by atoms with E-state index in [2.05, 4.69) is 28.9 Å². The highest BCUT2D eigenvalue weighted by Crippen LogP contribution is 2.67. The lowest BCUT2D eigenvalue weighted by atomic mass is 9.74. The summed E-state index contributed by atoms with van der Waals surface area (Å²) in [5.74, 6) is -1.05. The van der Waals surface area contributed by atoms with Gasteiger partial charge in [-0.25, -0.2) is 0 Å². The second kappa shape index (κ2) is 9.81. The first-order chi connectivity index (χ1) is 18.6. The molecule has 2 N–H and O–H groups in total. The van der Waals surface area contributed by atoms with Gasteiger partial charge < -0.3 is 15.1 Å². The zero-order valence-corrected chi connectivity index (χ0v) is 23.1. The summed E-state index contributed by atoms with van der Waals surface area (Å²) in [4.78, 5) is 35.3. The van der Waals surface area contributed by atoms with Crippen molar-refractivity contribution in [3.05, 3.63) is 41.2 Å². The van der Waals surface area contributed by atoms with Gasteiger partial charge in [0.15, 0.2) is 5.69 Å². The number of aliphatic hydroxyl groups is 1. The van der Waals surface area contributed by atoms with Crippen LogP contribution in [0.15, 0.2) is 18.6 Å². The van der Waals surface area contributed by atoms with E-state index >= 15 is 0 Å².